The number of likely N-dealkylation sites (tertiary alicyclic amines) is 1. The van der Waals surface area contributed by atoms with Gasteiger partial charge in [0.25, 0.3) is 0 Å². The second kappa shape index (κ2) is 4.72. The van der Waals surface area contributed by atoms with Crippen molar-refractivity contribution in [2.24, 2.45) is 0 Å². The Morgan fingerprint density at radius 1 is 1.12 bits per heavy atom. The molecule has 1 aliphatic heterocycles. The first-order valence-corrected chi connectivity index (χ1v) is 6.22. The van der Waals surface area contributed by atoms with Crippen molar-refractivity contribution in [2.75, 3.05) is 13.1 Å². The van der Waals surface area contributed by atoms with E-state index in [1.807, 2.05) is 18.5 Å². The van der Waals surface area contributed by atoms with Crippen molar-refractivity contribution in [1.82, 2.24) is 14.5 Å². The summed E-state index contributed by atoms with van der Waals surface area (Å²) in [5.74, 6) is 0. The summed E-state index contributed by atoms with van der Waals surface area (Å²) in [5.41, 5.74) is 2.49. The minimum atomic E-state index is 1.04. The van der Waals surface area contributed by atoms with Crippen LogP contribution in [0.25, 0.3) is 5.69 Å². The van der Waals surface area contributed by atoms with Crippen molar-refractivity contribution >= 4 is 0 Å². The van der Waals surface area contributed by atoms with Crippen LogP contribution in [-0.2, 0) is 6.54 Å². The summed E-state index contributed by atoms with van der Waals surface area (Å²) < 4.78 is 2.23. The molecule has 3 heterocycles. The summed E-state index contributed by atoms with van der Waals surface area (Å²) in [6.45, 7) is 3.51. The van der Waals surface area contributed by atoms with Gasteiger partial charge in [-0.25, -0.2) is 0 Å². The molecule has 0 N–H and O–H groups in total. The molecule has 0 spiro atoms. The number of aromatic nitrogens is 2. The molecule has 88 valence electrons. The fourth-order valence-electron chi connectivity index (χ4n) is 2.46. The number of hydrogen-bond acceptors (Lipinski definition) is 2. The lowest BCUT2D eigenvalue weighted by atomic mass is 10.3. The summed E-state index contributed by atoms with van der Waals surface area (Å²) in [6, 6.07) is 8.39. The number of rotatable bonds is 3. The molecule has 0 saturated carbocycles. The molecule has 1 saturated heterocycles. The summed E-state index contributed by atoms with van der Waals surface area (Å²) in [5, 5.41) is 0. The summed E-state index contributed by atoms with van der Waals surface area (Å²) in [7, 11) is 0. The Morgan fingerprint density at radius 2 is 2.00 bits per heavy atom. The number of nitrogens with zero attached hydrogens (tertiary/aromatic N) is 3. The van der Waals surface area contributed by atoms with Crippen LogP contribution in [0, 0.1) is 0 Å². The van der Waals surface area contributed by atoms with Crippen molar-refractivity contribution < 1.29 is 0 Å². The number of hydrogen-bond donors (Lipinski definition) is 0. The highest BCUT2D eigenvalue weighted by molar-refractivity contribution is 5.31. The predicted octanol–water partition coefficient (Wildman–Crippen LogP) is 2.47. The molecule has 0 aromatic carbocycles. The van der Waals surface area contributed by atoms with Crippen molar-refractivity contribution in [2.45, 2.75) is 19.4 Å². The van der Waals surface area contributed by atoms with Gasteiger partial charge >= 0.3 is 0 Å². The third-order valence-electron chi connectivity index (χ3n) is 3.34. The summed E-state index contributed by atoms with van der Waals surface area (Å²) in [4.78, 5) is 6.70. The minimum Gasteiger partial charge on any atom is -0.318 e. The van der Waals surface area contributed by atoms with Crippen LogP contribution in [-0.4, -0.2) is 27.5 Å². The Bertz CT molecular complexity index is 469. The molecule has 1 aliphatic rings. The van der Waals surface area contributed by atoms with Crippen LogP contribution in [0.1, 0.15) is 18.5 Å². The molecule has 3 nitrogen and oxygen atoms in total. The van der Waals surface area contributed by atoms with Crippen molar-refractivity contribution in [3.05, 3.63) is 48.5 Å². The Balaban J connectivity index is 1.84. The third kappa shape index (κ3) is 2.24. The van der Waals surface area contributed by atoms with Crippen LogP contribution in [0.2, 0.25) is 0 Å². The highest BCUT2D eigenvalue weighted by atomic mass is 15.2. The molecule has 17 heavy (non-hydrogen) atoms. The first-order valence-electron chi connectivity index (χ1n) is 6.22. The lowest BCUT2D eigenvalue weighted by Crippen LogP contribution is -2.20. The van der Waals surface area contributed by atoms with E-state index in [9.17, 15) is 0 Å². The Labute approximate surface area is 102 Å². The molecular formula is C14H17N3. The van der Waals surface area contributed by atoms with Crippen LogP contribution in [0.4, 0.5) is 0 Å². The topological polar surface area (TPSA) is 21.1 Å². The van der Waals surface area contributed by atoms with Crippen molar-refractivity contribution in [1.29, 1.82) is 0 Å². The third-order valence-corrected chi connectivity index (χ3v) is 3.34. The van der Waals surface area contributed by atoms with Gasteiger partial charge in [0.2, 0.25) is 0 Å². The molecule has 0 radical (unpaired) electrons. The van der Waals surface area contributed by atoms with E-state index < -0.39 is 0 Å². The van der Waals surface area contributed by atoms with Crippen LogP contribution >= 0.6 is 0 Å². The average Bonchev–Trinajstić information content (AvgIpc) is 3.02. The minimum absolute atomic E-state index is 1.04. The highest BCUT2D eigenvalue weighted by Crippen LogP contribution is 2.16. The monoisotopic (exact) mass is 227 g/mol. The molecule has 0 bridgehead atoms. The van der Waals surface area contributed by atoms with E-state index in [0.717, 1.165) is 12.2 Å². The Hall–Kier alpha value is -1.61. The fourth-order valence-corrected chi connectivity index (χ4v) is 2.46. The fraction of sp³-hybridized carbons (Fsp3) is 0.357. The van der Waals surface area contributed by atoms with Crippen molar-refractivity contribution in [3.8, 4) is 5.69 Å². The van der Waals surface area contributed by atoms with Gasteiger partial charge in [-0.1, -0.05) is 0 Å². The van der Waals surface area contributed by atoms with Gasteiger partial charge in [-0.3, -0.25) is 9.88 Å². The highest BCUT2D eigenvalue weighted by Gasteiger charge is 2.13. The first kappa shape index (κ1) is 10.5. The molecule has 1 fully saturated rings. The summed E-state index contributed by atoms with van der Waals surface area (Å²) >= 11 is 0. The quantitative estimate of drug-likeness (QED) is 0.803. The van der Waals surface area contributed by atoms with E-state index in [4.69, 9.17) is 0 Å². The van der Waals surface area contributed by atoms with Gasteiger partial charge in [0, 0.05) is 24.6 Å². The molecule has 0 unspecified atom stereocenters. The van der Waals surface area contributed by atoms with E-state index >= 15 is 0 Å². The molecule has 0 atom stereocenters. The normalized spacial score (nSPS) is 16.5. The molecule has 3 rings (SSSR count). The molecule has 3 heteroatoms. The second-order valence-electron chi connectivity index (χ2n) is 4.56. The standard InChI is InChI=1S/C14H17N3/c1-2-9-16(8-1)12-14-6-4-10-17(14)13-5-3-7-15-11-13/h3-7,10-11H,1-2,8-9,12H2. The van der Waals surface area contributed by atoms with E-state index in [2.05, 4.69) is 38.8 Å². The molecule has 2 aromatic rings. The lowest BCUT2D eigenvalue weighted by molar-refractivity contribution is 0.325. The molecule has 0 amide bonds. The van der Waals surface area contributed by atoms with Crippen molar-refractivity contribution in [3.63, 3.8) is 0 Å². The van der Waals surface area contributed by atoms with Gasteiger partial charge in [0.15, 0.2) is 0 Å². The number of pyridine rings is 1. The zero-order valence-corrected chi connectivity index (χ0v) is 9.92. The average molecular weight is 227 g/mol. The van der Waals surface area contributed by atoms with Gasteiger partial charge < -0.3 is 4.57 Å². The van der Waals surface area contributed by atoms with Gasteiger partial charge in [-0.05, 0) is 50.2 Å². The van der Waals surface area contributed by atoms with Gasteiger partial charge in [-0.2, -0.15) is 0 Å². The van der Waals surface area contributed by atoms with Crippen LogP contribution in [0.15, 0.2) is 42.9 Å². The maximum absolute atomic E-state index is 4.18. The maximum atomic E-state index is 4.18. The van der Waals surface area contributed by atoms with Gasteiger partial charge in [0.1, 0.15) is 0 Å². The Kier molecular flexibility index (Phi) is 2.92. The predicted molar refractivity (Wildman–Crippen MR) is 68.1 cm³/mol. The lowest BCUT2D eigenvalue weighted by Gasteiger charge is -2.16. The van der Waals surface area contributed by atoms with E-state index in [1.165, 1.54) is 31.6 Å². The van der Waals surface area contributed by atoms with Crippen LogP contribution in [0.3, 0.4) is 0 Å². The van der Waals surface area contributed by atoms with Crippen LogP contribution < -0.4 is 0 Å². The molecule has 0 aliphatic carbocycles. The first-order chi connectivity index (χ1) is 8.43. The maximum Gasteiger partial charge on any atom is 0.0636 e. The largest absolute Gasteiger partial charge is 0.318 e. The van der Waals surface area contributed by atoms with E-state index in [0.29, 0.717) is 0 Å². The van der Waals surface area contributed by atoms with E-state index in [-0.39, 0.29) is 0 Å². The second-order valence-corrected chi connectivity index (χ2v) is 4.56. The molecular weight excluding hydrogens is 210 g/mol. The summed E-state index contributed by atoms with van der Waals surface area (Å²) in [6.07, 6.45) is 8.52. The zero-order valence-electron chi connectivity index (χ0n) is 9.92. The van der Waals surface area contributed by atoms with Crippen LogP contribution in [0.5, 0.6) is 0 Å². The van der Waals surface area contributed by atoms with Gasteiger partial charge in [0.05, 0.1) is 11.9 Å². The zero-order chi connectivity index (χ0) is 11.5. The Morgan fingerprint density at radius 3 is 2.76 bits per heavy atom. The molecule has 2 aromatic heterocycles. The smallest absolute Gasteiger partial charge is 0.0636 e. The van der Waals surface area contributed by atoms with Gasteiger partial charge in [-0.15, -0.1) is 0 Å². The SMILES string of the molecule is c1cncc(-n2cccc2CN2CCCC2)c1. The van der Waals surface area contributed by atoms with E-state index in [1.54, 1.807) is 0 Å².